The van der Waals surface area contributed by atoms with Crippen molar-refractivity contribution in [3.05, 3.63) is 40.9 Å². The number of anilines is 2. The highest BCUT2D eigenvalue weighted by Gasteiger charge is 2.19. The van der Waals surface area contributed by atoms with Crippen molar-refractivity contribution < 1.29 is 4.79 Å². The van der Waals surface area contributed by atoms with Gasteiger partial charge in [-0.1, -0.05) is 31.5 Å². The molecule has 0 saturated carbocycles. The first kappa shape index (κ1) is 20.8. The smallest absolute Gasteiger partial charge is 0.234 e. The second kappa shape index (κ2) is 10.0. The summed E-state index contributed by atoms with van der Waals surface area (Å²) in [5, 5.41) is 9.43. The van der Waals surface area contributed by atoms with Crippen LogP contribution in [0.2, 0.25) is 0 Å². The Morgan fingerprint density at radius 3 is 2.50 bits per heavy atom. The van der Waals surface area contributed by atoms with Crippen LogP contribution in [-0.2, 0) is 11.3 Å². The van der Waals surface area contributed by atoms with Crippen molar-refractivity contribution in [1.29, 1.82) is 0 Å². The minimum absolute atomic E-state index is 0.133. The molecule has 0 radical (unpaired) electrons. The first-order chi connectivity index (χ1) is 13.5. The zero-order valence-corrected chi connectivity index (χ0v) is 17.9. The predicted octanol–water partition coefficient (Wildman–Crippen LogP) is 3.08. The van der Waals surface area contributed by atoms with Gasteiger partial charge in [-0.25, -0.2) is 4.98 Å². The number of amides is 1. The molecule has 28 heavy (non-hydrogen) atoms. The van der Waals surface area contributed by atoms with E-state index in [1.807, 2.05) is 0 Å². The number of hydrogen-bond donors (Lipinski definition) is 2. The highest BCUT2D eigenvalue weighted by atomic mass is 32.1. The molecule has 2 aromatic rings. The van der Waals surface area contributed by atoms with Gasteiger partial charge in [-0.2, -0.15) is 0 Å². The van der Waals surface area contributed by atoms with Gasteiger partial charge in [0.1, 0.15) is 0 Å². The van der Waals surface area contributed by atoms with Crippen LogP contribution in [0.4, 0.5) is 10.8 Å². The molecule has 2 heterocycles. The standard InChI is InChI=1S/C21H31N5OS/c1-16(2)12-22-20(27)14-26-10-8-25(9-11-26)13-19-15-28-21(24-19)23-18-6-4-17(3)5-7-18/h4-7,15-16H,8-14H2,1-3H3,(H,22,27)(H,23,24). The van der Waals surface area contributed by atoms with Crippen LogP contribution in [0, 0.1) is 12.8 Å². The lowest BCUT2D eigenvalue weighted by molar-refractivity contribution is -0.122. The zero-order chi connectivity index (χ0) is 19.9. The minimum atomic E-state index is 0.133. The van der Waals surface area contributed by atoms with Gasteiger partial charge in [-0.3, -0.25) is 14.6 Å². The van der Waals surface area contributed by atoms with Gasteiger partial charge >= 0.3 is 0 Å². The fourth-order valence-corrected chi connectivity index (χ4v) is 3.83. The van der Waals surface area contributed by atoms with Gasteiger partial charge < -0.3 is 10.6 Å². The Bertz CT molecular complexity index is 750. The van der Waals surface area contributed by atoms with Crippen molar-refractivity contribution in [2.45, 2.75) is 27.3 Å². The van der Waals surface area contributed by atoms with Crippen LogP contribution in [0.5, 0.6) is 0 Å². The van der Waals surface area contributed by atoms with E-state index >= 15 is 0 Å². The number of thiazole rings is 1. The summed E-state index contributed by atoms with van der Waals surface area (Å²) in [6.45, 7) is 12.2. The van der Waals surface area contributed by atoms with Gasteiger partial charge in [0.15, 0.2) is 5.13 Å². The lowest BCUT2D eigenvalue weighted by atomic mass is 10.2. The summed E-state index contributed by atoms with van der Waals surface area (Å²) in [6, 6.07) is 8.35. The number of benzene rings is 1. The summed E-state index contributed by atoms with van der Waals surface area (Å²) in [7, 11) is 0. The van der Waals surface area contributed by atoms with Crippen molar-refractivity contribution in [2.75, 3.05) is 44.6 Å². The lowest BCUT2D eigenvalue weighted by Gasteiger charge is -2.33. The predicted molar refractivity (Wildman–Crippen MR) is 116 cm³/mol. The van der Waals surface area contributed by atoms with Crippen molar-refractivity contribution in [2.24, 2.45) is 5.92 Å². The first-order valence-corrected chi connectivity index (χ1v) is 10.9. The molecule has 1 saturated heterocycles. The van der Waals surface area contributed by atoms with E-state index in [1.165, 1.54) is 5.56 Å². The van der Waals surface area contributed by atoms with E-state index in [4.69, 9.17) is 4.98 Å². The summed E-state index contributed by atoms with van der Waals surface area (Å²) in [5.41, 5.74) is 3.42. The van der Waals surface area contributed by atoms with E-state index < -0.39 is 0 Å². The van der Waals surface area contributed by atoms with E-state index in [9.17, 15) is 4.79 Å². The number of nitrogens with zero attached hydrogens (tertiary/aromatic N) is 3. The molecule has 1 aromatic carbocycles. The molecule has 3 rings (SSSR count). The van der Waals surface area contributed by atoms with Crippen LogP contribution in [0.15, 0.2) is 29.6 Å². The van der Waals surface area contributed by atoms with Crippen molar-refractivity contribution >= 4 is 28.1 Å². The molecule has 0 atom stereocenters. The van der Waals surface area contributed by atoms with Gasteiger partial charge in [-0.05, 0) is 25.0 Å². The number of piperazine rings is 1. The third-order valence-electron chi connectivity index (χ3n) is 4.78. The molecule has 7 heteroatoms. The maximum Gasteiger partial charge on any atom is 0.234 e. The second-order valence-electron chi connectivity index (χ2n) is 7.89. The monoisotopic (exact) mass is 401 g/mol. The van der Waals surface area contributed by atoms with E-state index in [-0.39, 0.29) is 5.91 Å². The van der Waals surface area contributed by atoms with Gasteiger partial charge in [0.25, 0.3) is 0 Å². The molecule has 1 amide bonds. The summed E-state index contributed by atoms with van der Waals surface area (Å²) in [6.07, 6.45) is 0. The van der Waals surface area contributed by atoms with Crippen molar-refractivity contribution in [1.82, 2.24) is 20.1 Å². The van der Waals surface area contributed by atoms with Gasteiger partial charge in [-0.15, -0.1) is 11.3 Å². The number of hydrogen-bond acceptors (Lipinski definition) is 6. The number of aromatic nitrogens is 1. The van der Waals surface area contributed by atoms with Crippen molar-refractivity contribution in [3.8, 4) is 0 Å². The quantitative estimate of drug-likeness (QED) is 0.712. The van der Waals surface area contributed by atoms with E-state index in [1.54, 1.807) is 11.3 Å². The lowest BCUT2D eigenvalue weighted by Crippen LogP contribution is -2.49. The number of nitrogens with one attached hydrogen (secondary N) is 2. The highest BCUT2D eigenvalue weighted by molar-refractivity contribution is 7.13. The molecule has 0 unspecified atom stereocenters. The molecule has 1 aliphatic rings. The SMILES string of the molecule is Cc1ccc(Nc2nc(CN3CCN(CC(=O)NCC(C)C)CC3)cs2)cc1. The maximum atomic E-state index is 12.0. The van der Waals surface area contributed by atoms with Crippen LogP contribution >= 0.6 is 11.3 Å². The van der Waals surface area contributed by atoms with E-state index in [2.05, 4.69) is 70.9 Å². The third-order valence-corrected chi connectivity index (χ3v) is 5.59. The number of carbonyl (C=O) groups excluding carboxylic acids is 1. The molecule has 2 N–H and O–H groups in total. The Morgan fingerprint density at radius 1 is 1.14 bits per heavy atom. The number of rotatable bonds is 8. The van der Waals surface area contributed by atoms with Crippen LogP contribution in [0.1, 0.15) is 25.1 Å². The first-order valence-electron chi connectivity index (χ1n) is 9.97. The topological polar surface area (TPSA) is 60.5 Å². The molecule has 0 aliphatic carbocycles. The normalized spacial score (nSPS) is 15.7. The second-order valence-corrected chi connectivity index (χ2v) is 8.74. The average Bonchev–Trinajstić information content (AvgIpc) is 3.10. The molecule has 1 aromatic heterocycles. The molecular weight excluding hydrogens is 370 g/mol. The van der Waals surface area contributed by atoms with Gasteiger partial charge in [0.2, 0.25) is 5.91 Å². The summed E-state index contributed by atoms with van der Waals surface area (Å²) in [5.74, 6) is 0.623. The van der Waals surface area contributed by atoms with Gasteiger partial charge in [0.05, 0.1) is 12.2 Å². The fourth-order valence-electron chi connectivity index (χ4n) is 3.11. The number of aryl methyl sites for hydroxylation is 1. The molecule has 1 aliphatic heterocycles. The average molecular weight is 402 g/mol. The molecule has 6 nitrogen and oxygen atoms in total. The minimum Gasteiger partial charge on any atom is -0.355 e. The Balaban J connectivity index is 1.41. The highest BCUT2D eigenvalue weighted by Crippen LogP contribution is 2.22. The third kappa shape index (κ3) is 6.58. The fraction of sp³-hybridized carbons (Fsp3) is 0.524. The maximum absolute atomic E-state index is 12.0. The number of carbonyl (C=O) groups is 1. The van der Waals surface area contributed by atoms with Crippen molar-refractivity contribution in [3.63, 3.8) is 0 Å². The summed E-state index contributed by atoms with van der Waals surface area (Å²) >= 11 is 1.64. The Morgan fingerprint density at radius 2 is 1.82 bits per heavy atom. The van der Waals surface area contributed by atoms with Crippen LogP contribution in [-0.4, -0.2) is 60.0 Å². The Labute approximate surface area is 172 Å². The summed E-state index contributed by atoms with van der Waals surface area (Å²) in [4.78, 5) is 21.3. The molecule has 152 valence electrons. The largest absolute Gasteiger partial charge is 0.355 e. The Hall–Kier alpha value is -1.96. The van der Waals surface area contributed by atoms with E-state index in [0.717, 1.165) is 55.8 Å². The summed E-state index contributed by atoms with van der Waals surface area (Å²) < 4.78 is 0. The van der Waals surface area contributed by atoms with Gasteiger partial charge in [0, 0.05) is 50.3 Å². The Kier molecular flexibility index (Phi) is 7.42. The molecule has 0 bridgehead atoms. The van der Waals surface area contributed by atoms with Crippen LogP contribution in [0.3, 0.4) is 0 Å². The molecule has 1 fully saturated rings. The zero-order valence-electron chi connectivity index (χ0n) is 17.1. The van der Waals surface area contributed by atoms with Crippen LogP contribution in [0.25, 0.3) is 0 Å². The molecular formula is C21H31N5OS. The molecule has 0 spiro atoms. The van der Waals surface area contributed by atoms with E-state index in [0.29, 0.717) is 12.5 Å². The van der Waals surface area contributed by atoms with Crippen LogP contribution < -0.4 is 10.6 Å².